The molecule has 0 aliphatic carbocycles. The molecular formula is C14H19F3IN7O. The number of pyridine rings is 1. The van der Waals surface area contributed by atoms with Crippen LogP contribution in [0.1, 0.15) is 11.4 Å². The summed E-state index contributed by atoms with van der Waals surface area (Å²) in [6.07, 6.45) is -2.21. The van der Waals surface area contributed by atoms with Crippen LogP contribution in [0.2, 0.25) is 0 Å². The van der Waals surface area contributed by atoms with Crippen molar-refractivity contribution in [3.63, 3.8) is 0 Å². The minimum atomic E-state index is -4.41. The average molecular weight is 485 g/mol. The van der Waals surface area contributed by atoms with Gasteiger partial charge in [-0.25, -0.2) is 9.97 Å². The number of hydrogen-bond donors (Lipinski definition) is 2. The number of halogens is 4. The second kappa shape index (κ2) is 10.1. The van der Waals surface area contributed by atoms with Gasteiger partial charge in [0.1, 0.15) is 18.8 Å². The Bertz CT molecular complexity index is 703. The Balaban J connectivity index is 0.00000338. The van der Waals surface area contributed by atoms with Gasteiger partial charge in [0.05, 0.1) is 18.7 Å². The lowest BCUT2D eigenvalue weighted by Crippen LogP contribution is -2.39. The predicted molar refractivity (Wildman–Crippen MR) is 99.4 cm³/mol. The molecule has 0 aliphatic heterocycles. The van der Waals surface area contributed by atoms with E-state index in [2.05, 4.69) is 30.7 Å². The van der Waals surface area contributed by atoms with E-state index < -0.39 is 11.7 Å². The summed E-state index contributed by atoms with van der Waals surface area (Å²) in [5.74, 6) is 1.40. The summed E-state index contributed by atoms with van der Waals surface area (Å²) < 4.78 is 44.2. The fourth-order valence-electron chi connectivity index (χ4n) is 1.82. The molecule has 26 heavy (non-hydrogen) atoms. The molecule has 2 N–H and O–H groups in total. The number of aryl methyl sites for hydroxylation is 1. The minimum Gasteiger partial charge on any atom is -0.476 e. The molecule has 0 aliphatic rings. The summed E-state index contributed by atoms with van der Waals surface area (Å²) in [6.45, 7) is 1.04. The van der Waals surface area contributed by atoms with Crippen LogP contribution in [0, 0.1) is 0 Å². The summed E-state index contributed by atoms with van der Waals surface area (Å²) >= 11 is 0. The van der Waals surface area contributed by atoms with Gasteiger partial charge in [-0.2, -0.15) is 18.3 Å². The van der Waals surface area contributed by atoms with E-state index in [1.54, 1.807) is 18.8 Å². The zero-order valence-corrected chi connectivity index (χ0v) is 16.4. The summed E-state index contributed by atoms with van der Waals surface area (Å²) in [4.78, 5) is 11.7. The maximum Gasteiger partial charge on any atom is 0.417 e. The van der Waals surface area contributed by atoms with E-state index in [1.165, 1.54) is 12.4 Å². The number of aliphatic imine (C=N–C) groups is 1. The topological polar surface area (TPSA) is 89.2 Å². The molecule has 2 aromatic heterocycles. The number of guanidine groups is 1. The van der Waals surface area contributed by atoms with E-state index in [0.717, 1.165) is 18.1 Å². The van der Waals surface area contributed by atoms with Crippen LogP contribution in [0.3, 0.4) is 0 Å². The van der Waals surface area contributed by atoms with Gasteiger partial charge >= 0.3 is 6.18 Å². The number of rotatable bonds is 6. The van der Waals surface area contributed by atoms with Crippen molar-refractivity contribution in [3.8, 4) is 5.88 Å². The lowest BCUT2D eigenvalue weighted by molar-refractivity contribution is -0.137. The van der Waals surface area contributed by atoms with Gasteiger partial charge < -0.3 is 15.4 Å². The molecule has 8 nitrogen and oxygen atoms in total. The zero-order chi connectivity index (χ0) is 18.3. The van der Waals surface area contributed by atoms with E-state index in [9.17, 15) is 13.2 Å². The normalized spacial score (nSPS) is 11.7. The molecule has 144 valence electrons. The summed E-state index contributed by atoms with van der Waals surface area (Å²) in [7, 11) is 3.40. The monoisotopic (exact) mass is 485 g/mol. The average Bonchev–Trinajstić information content (AvgIpc) is 2.99. The molecule has 0 fully saturated rings. The van der Waals surface area contributed by atoms with E-state index in [-0.39, 0.29) is 36.5 Å². The van der Waals surface area contributed by atoms with Crippen molar-refractivity contribution in [2.75, 3.05) is 20.2 Å². The molecule has 0 bridgehead atoms. The van der Waals surface area contributed by atoms with Gasteiger partial charge in [0.25, 0.3) is 0 Å². The van der Waals surface area contributed by atoms with Crippen molar-refractivity contribution < 1.29 is 17.9 Å². The van der Waals surface area contributed by atoms with Crippen LogP contribution in [-0.2, 0) is 19.8 Å². The van der Waals surface area contributed by atoms with E-state index >= 15 is 0 Å². The predicted octanol–water partition coefficient (Wildman–Crippen LogP) is 1.59. The number of ether oxygens (including phenoxy) is 1. The lowest BCUT2D eigenvalue weighted by Gasteiger charge is -2.12. The Kier molecular flexibility index (Phi) is 8.54. The van der Waals surface area contributed by atoms with Gasteiger partial charge in [0, 0.05) is 26.4 Å². The Labute approximate surface area is 165 Å². The highest BCUT2D eigenvalue weighted by atomic mass is 127. The Morgan fingerprint density at radius 2 is 2.04 bits per heavy atom. The molecule has 2 aromatic rings. The number of nitrogens with one attached hydrogen (secondary N) is 2. The quantitative estimate of drug-likeness (QED) is 0.280. The molecule has 0 amide bonds. The highest BCUT2D eigenvalue weighted by Gasteiger charge is 2.30. The van der Waals surface area contributed by atoms with E-state index in [4.69, 9.17) is 4.74 Å². The van der Waals surface area contributed by atoms with Gasteiger partial charge in [-0.3, -0.25) is 9.67 Å². The van der Waals surface area contributed by atoms with Crippen LogP contribution < -0.4 is 15.4 Å². The van der Waals surface area contributed by atoms with Crippen molar-refractivity contribution in [2.45, 2.75) is 12.7 Å². The van der Waals surface area contributed by atoms with Gasteiger partial charge in [0.2, 0.25) is 5.88 Å². The first-order chi connectivity index (χ1) is 11.9. The van der Waals surface area contributed by atoms with Crippen LogP contribution in [0.15, 0.2) is 29.6 Å². The lowest BCUT2D eigenvalue weighted by atomic mass is 10.3. The molecule has 0 unspecified atom stereocenters. The van der Waals surface area contributed by atoms with Gasteiger partial charge in [-0.15, -0.1) is 24.0 Å². The van der Waals surface area contributed by atoms with Crippen molar-refractivity contribution in [3.05, 3.63) is 36.0 Å². The maximum atomic E-state index is 12.4. The fourth-order valence-corrected chi connectivity index (χ4v) is 1.82. The number of aromatic nitrogens is 4. The molecular weight excluding hydrogens is 466 g/mol. The third-order valence-corrected chi connectivity index (χ3v) is 3.15. The zero-order valence-electron chi connectivity index (χ0n) is 14.1. The van der Waals surface area contributed by atoms with Crippen LogP contribution in [0.25, 0.3) is 0 Å². The molecule has 0 saturated carbocycles. The maximum absolute atomic E-state index is 12.4. The van der Waals surface area contributed by atoms with E-state index in [1.807, 2.05) is 0 Å². The molecule has 12 heteroatoms. The van der Waals surface area contributed by atoms with Gasteiger partial charge in [0.15, 0.2) is 5.96 Å². The Morgan fingerprint density at radius 3 is 2.58 bits per heavy atom. The Hall–Kier alpha value is -2.12. The third-order valence-electron chi connectivity index (χ3n) is 3.15. The number of nitrogens with zero attached hydrogens (tertiary/aromatic N) is 5. The first-order valence-corrected chi connectivity index (χ1v) is 7.33. The van der Waals surface area contributed by atoms with Crippen LogP contribution >= 0.6 is 24.0 Å². The molecule has 0 saturated heterocycles. The molecule has 2 heterocycles. The summed E-state index contributed by atoms with van der Waals surface area (Å²) in [5.41, 5.74) is -0.814. The van der Waals surface area contributed by atoms with Crippen LogP contribution in [0.4, 0.5) is 13.2 Å². The highest BCUT2D eigenvalue weighted by molar-refractivity contribution is 14.0. The van der Waals surface area contributed by atoms with Crippen molar-refractivity contribution in [1.29, 1.82) is 0 Å². The van der Waals surface area contributed by atoms with Crippen molar-refractivity contribution in [1.82, 2.24) is 30.4 Å². The van der Waals surface area contributed by atoms with Crippen molar-refractivity contribution >= 4 is 29.9 Å². The van der Waals surface area contributed by atoms with Crippen molar-refractivity contribution in [2.24, 2.45) is 12.0 Å². The molecule has 2 rings (SSSR count). The van der Waals surface area contributed by atoms with Gasteiger partial charge in [-0.1, -0.05) is 0 Å². The second-order valence-corrected chi connectivity index (χ2v) is 4.88. The second-order valence-electron chi connectivity index (χ2n) is 4.88. The molecule has 0 atom stereocenters. The number of alkyl halides is 3. The van der Waals surface area contributed by atoms with E-state index in [0.29, 0.717) is 19.0 Å². The number of hydrogen-bond acceptors (Lipinski definition) is 5. The SMILES string of the molecule is CN=C(NCCOc1ccc(C(F)(F)F)cn1)NCc1ncnn1C.I. The van der Waals surface area contributed by atoms with Crippen LogP contribution in [0.5, 0.6) is 5.88 Å². The van der Waals surface area contributed by atoms with Gasteiger partial charge in [-0.05, 0) is 6.07 Å². The summed E-state index contributed by atoms with van der Waals surface area (Å²) in [6, 6.07) is 2.11. The first-order valence-electron chi connectivity index (χ1n) is 7.33. The largest absolute Gasteiger partial charge is 0.476 e. The fraction of sp³-hybridized carbons (Fsp3) is 0.429. The smallest absolute Gasteiger partial charge is 0.417 e. The Morgan fingerprint density at radius 1 is 1.27 bits per heavy atom. The first kappa shape index (κ1) is 21.9. The third kappa shape index (κ3) is 6.65. The van der Waals surface area contributed by atoms with Crippen LogP contribution in [-0.4, -0.2) is 45.9 Å². The highest BCUT2D eigenvalue weighted by Crippen LogP contribution is 2.29. The molecule has 0 aromatic carbocycles. The minimum absolute atomic E-state index is 0. The molecule has 0 spiro atoms. The standard InChI is InChI=1S/C14H18F3N7O.HI/c1-18-13(21-8-11-22-9-23-24(11)2)19-5-6-25-12-4-3-10(7-20-12)14(15,16)17;/h3-4,7,9H,5-6,8H2,1-2H3,(H2,18,19,21);1H. The molecule has 0 radical (unpaired) electrons. The summed E-state index contributed by atoms with van der Waals surface area (Å²) in [5, 5.41) is 10.0.